The fourth-order valence-corrected chi connectivity index (χ4v) is 13.9. The maximum atomic E-state index is 13.2. The molecule has 0 aromatic rings. The summed E-state index contributed by atoms with van der Waals surface area (Å²) in [4.78, 5) is 2.50. The number of morpholine rings is 1. The van der Waals surface area contributed by atoms with E-state index in [1.54, 1.807) is 0 Å². The molecule has 5 aliphatic carbocycles. The molecule has 0 aromatic carbocycles. The molecule has 13 atom stereocenters. The summed E-state index contributed by atoms with van der Waals surface area (Å²) in [7, 11) is 0. The Morgan fingerprint density at radius 1 is 0.978 bits per heavy atom. The van der Waals surface area contributed by atoms with E-state index in [4.69, 9.17) is 18.9 Å². The smallest absolute Gasteiger partial charge is 0.378 e. The van der Waals surface area contributed by atoms with Gasteiger partial charge < -0.3 is 24.3 Å². The SMILES string of the molecule is CC(NCC1C[C@@H](C)C2C(C[C@@]3(C)C4CCC5C(C)(C)[C@@H](OC6CN(C7COC7)CCO6)CC[C@@]56C[C@@]46CC[C@]23C)O1)C(F)(F)F. The minimum Gasteiger partial charge on any atom is -0.378 e. The Kier molecular flexibility index (Phi) is 7.67. The maximum Gasteiger partial charge on any atom is 0.403 e. The Balaban J connectivity index is 0.972. The lowest BCUT2D eigenvalue weighted by atomic mass is 9.41. The van der Waals surface area contributed by atoms with Crippen LogP contribution in [0.4, 0.5) is 13.2 Å². The molecule has 3 heterocycles. The van der Waals surface area contributed by atoms with E-state index in [1.807, 2.05) is 0 Å². The van der Waals surface area contributed by atoms with Gasteiger partial charge in [-0.05, 0) is 115 Å². The lowest BCUT2D eigenvalue weighted by Gasteiger charge is -2.63. The molecule has 3 saturated heterocycles. The van der Waals surface area contributed by atoms with Gasteiger partial charge in [0.1, 0.15) is 6.04 Å². The highest BCUT2D eigenvalue weighted by atomic mass is 19.4. The number of ether oxygens (including phenoxy) is 4. The van der Waals surface area contributed by atoms with Gasteiger partial charge in [-0.2, -0.15) is 13.2 Å². The third-order valence-corrected chi connectivity index (χ3v) is 16.4. The molecule has 3 aliphatic heterocycles. The Hall–Kier alpha value is -0.450. The van der Waals surface area contributed by atoms with Crippen LogP contribution in [0.3, 0.4) is 0 Å². The van der Waals surface area contributed by atoms with Crippen molar-refractivity contribution in [1.82, 2.24) is 10.2 Å². The summed E-state index contributed by atoms with van der Waals surface area (Å²) in [6, 6.07) is -0.991. The van der Waals surface area contributed by atoms with Crippen LogP contribution in [-0.2, 0) is 18.9 Å². The van der Waals surface area contributed by atoms with Crippen molar-refractivity contribution < 1.29 is 32.1 Å². The molecular formula is C37H59F3N2O4. The Morgan fingerprint density at radius 3 is 2.43 bits per heavy atom. The van der Waals surface area contributed by atoms with Crippen LogP contribution < -0.4 is 5.32 Å². The molecule has 0 amide bonds. The molecule has 6 nitrogen and oxygen atoms in total. The van der Waals surface area contributed by atoms with E-state index in [2.05, 4.69) is 44.8 Å². The normalized spacial score (nSPS) is 52.4. The second-order valence-electron chi connectivity index (χ2n) is 18.4. The van der Waals surface area contributed by atoms with Crippen LogP contribution >= 0.6 is 0 Å². The molecule has 46 heavy (non-hydrogen) atoms. The second kappa shape index (κ2) is 10.8. The van der Waals surface area contributed by atoms with Crippen molar-refractivity contribution in [3.8, 4) is 0 Å². The predicted molar refractivity (Wildman–Crippen MR) is 169 cm³/mol. The molecule has 1 N–H and O–H groups in total. The van der Waals surface area contributed by atoms with Gasteiger partial charge >= 0.3 is 6.18 Å². The Labute approximate surface area is 274 Å². The number of rotatable bonds is 6. The highest BCUT2D eigenvalue weighted by Gasteiger charge is 2.83. The standard InChI is InChI=1S/C37H59F3N2O4/c1-22-15-25(17-41-23(2)37(38,39)40)45-26-16-34(6)28-8-7-27-32(3,4)29(46-30-18-42(13-14-44-30)24-19-43-20-24)9-10-35(27)21-36(28,35)12-11-33(34,5)31(22)26/h22-31,41H,7-21H2,1-6H3/t22-,23?,25?,26?,27?,28?,29+,30?,31?,33-,34+,35-,36+/m1/s1. The predicted octanol–water partition coefficient (Wildman–Crippen LogP) is 6.81. The first-order chi connectivity index (χ1) is 21.6. The summed E-state index contributed by atoms with van der Waals surface area (Å²) < 4.78 is 65.0. The average Bonchev–Trinajstić information content (AvgIpc) is 3.55. The third kappa shape index (κ3) is 4.56. The van der Waals surface area contributed by atoms with Gasteiger partial charge in [0, 0.05) is 13.1 Å². The summed E-state index contributed by atoms with van der Waals surface area (Å²) in [6.07, 6.45) is 6.67. The van der Waals surface area contributed by atoms with Crippen molar-refractivity contribution in [2.24, 2.45) is 50.7 Å². The van der Waals surface area contributed by atoms with E-state index in [-0.39, 0.29) is 47.4 Å². The molecule has 5 saturated carbocycles. The summed E-state index contributed by atoms with van der Waals surface area (Å²) in [5.74, 6) is 2.32. The molecule has 0 aromatic heterocycles. The van der Waals surface area contributed by atoms with Gasteiger partial charge in [-0.1, -0.05) is 34.6 Å². The van der Waals surface area contributed by atoms with Gasteiger partial charge in [0.2, 0.25) is 0 Å². The van der Waals surface area contributed by atoms with Gasteiger partial charge in [0.15, 0.2) is 6.29 Å². The topological polar surface area (TPSA) is 52.2 Å². The molecule has 8 aliphatic rings. The zero-order valence-electron chi connectivity index (χ0n) is 29.1. The number of nitrogens with one attached hydrogen (secondary N) is 1. The number of alkyl halides is 3. The third-order valence-electron chi connectivity index (χ3n) is 16.4. The van der Waals surface area contributed by atoms with Crippen LogP contribution in [0.2, 0.25) is 0 Å². The molecule has 0 radical (unpaired) electrons. The number of nitrogens with zero attached hydrogens (tertiary/aromatic N) is 1. The average molecular weight is 653 g/mol. The minimum atomic E-state index is -4.23. The van der Waals surface area contributed by atoms with Crippen molar-refractivity contribution in [2.45, 2.75) is 142 Å². The molecule has 7 unspecified atom stereocenters. The van der Waals surface area contributed by atoms with E-state index in [9.17, 15) is 13.2 Å². The van der Waals surface area contributed by atoms with Gasteiger partial charge in [-0.3, -0.25) is 4.90 Å². The van der Waals surface area contributed by atoms with E-state index in [1.165, 1.54) is 45.4 Å². The minimum absolute atomic E-state index is 0.106. The monoisotopic (exact) mass is 652 g/mol. The quantitative estimate of drug-likeness (QED) is 0.340. The fraction of sp³-hybridized carbons (Fsp3) is 1.00. The first-order valence-electron chi connectivity index (χ1n) is 18.7. The molecule has 262 valence electrons. The molecule has 8 rings (SSSR count). The largest absolute Gasteiger partial charge is 0.403 e. The zero-order chi connectivity index (χ0) is 32.5. The van der Waals surface area contributed by atoms with Crippen molar-refractivity contribution in [2.75, 3.05) is 39.5 Å². The van der Waals surface area contributed by atoms with E-state index >= 15 is 0 Å². The highest BCUT2D eigenvalue weighted by molar-refractivity contribution is 5.31. The van der Waals surface area contributed by atoms with Crippen LogP contribution in [0.25, 0.3) is 0 Å². The van der Waals surface area contributed by atoms with Crippen LogP contribution in [-0.4, -0.2) is 87.2 Å². The fourth-order valence-electron chi connectivity index (χ4n) is 13.9. The molecule has 2 spiro atoms. The van der Waals surface area contributed by atoms with E-state index < -0.39 is 12.2 Å². The van der Waals surface area contributed by atoms with Crippen molar-refractivity contribution >= 4 is 0 Å². The van der Waals surface area contributed by atoms with Crippen molar-refractivity contribution in [1.29, 1.82) is 0 Å². The van der Waals surface area contributed by atoms with Crippen molar-refractivity contribution in [3.63, 3.8) is 0 Å². The first-order valence-corrected chi connectivity index (χ1v) is 18.7. The van der Waals surface area contributed by atoms with Gasteiger partial charge in [0.25, 0.3) is 0 Å². The summed E-state index contributed by atoms with van der Waals surface area (Å²) in [5, 5.41) is 2.74. The lowest BCUT2D eigenvalue weighted by Crippen LogP contribution is -2.59. The van der Waals surface area contributed by atoms with Gasteiger partial charge in [-0.15, -0.1) is 0 Å². The molecule has 0 bridgehead atoms. The van der Waals surface area contributed by atoms with Crippen LogP contribution in [0.5, 0.6) is 0 Å². The number of hydrogen-bond acceptors (Lipinski definition) is 6. The summed E-state index contributed by atoms with van der Waals surface area (Å²) >= 11 is 0. The Bertz CT molecular complexity index is 1180. The zero-order valence-corrected chi connectivity index (χ0v) is 29.1. The summed E-state index contributed by atoms with van der Waals surface area (Å²) in [5.41, 5.74) is 1.37. The van der Waals surface area contributed by atoms with Gasteiger partial charge in [-0.25, -0.2) is 0 Å². The molecule has 8 fully saturated rings. The second-order valence-corrected chi connectivity index (χ2v) is 18.4. The maximum absolute atomic E-state index is 13.2. The first kappa shape index (κ1) is 32.7. The highest BCUT2D eigenvalue weighted by Crippen LogP contribution is 2.89. The van der Waals surface area contributed by atoms with Gasteiger partial charge in [0.05, 0.1) is 50.7 Å². The van der Waals surface area contributed by atoms with Crippen LogP contribution in [0.15, 0.2) is 0 Å². The van der Waals surface area contributed by atoms with E-state index in [0.29, 0.717) is 40.5 Å². The molecule has 9 heteroatoms. The van der Waals surface area contributed by atoms with E-state index in [0.717, 1.165) is 52.2 Å². The van der Waals surface area contributed by atoms with Crippen LogP contribution in [0.1, 0.15) is 99.3 Å². The summed E-state index contributed by atoms with van der Waals surface area (Å²) in [6.45, 7) is 18.2. The lowest BCUT2D eigenvalue weighted by molar-refractivity contribution is -0.255. The molecular weight excluding hydrogens is 593 g/mol. The van der Waals surface area contributed by atoms with Crippen molar-refractivity contribution in [3.05, 3.63) is 0 Å². The number of hydrogen-bond donors (Lipinski definition) is 1. The van der Waals surface area contributed by atoms with Crippen LogP contribution in [0, 0.1) is 50.7 Å². The Morgan fingerprint density at radius 2 is 1.72 bits per heavy atom. The number of halogens is 3. The number of fused-ring (bicyclic) bond motifs is 4.